The highest BCUT2D eigenvalue weighted by atomic mass is 14.9. The lowest BCUT2D eigenvalue weighted by molar-refractivity contribution is 0.0244. The number of rotatable bonds is 4. The Kier molecular flexibility index (Phi) is 3.29. The van der Waals surface area contributed by atoms with Crippen LogP contribution in [-0.2, 0) is 0 Å². The first-order valence-electron chi connectivity index (χ1n) is 6.35. The van der Waals surface area contributed by atoms with E-state index in [0.29, 0.717) is 17.4 Å². The van der Waals surface area contributed by atoms with E-state index in [-0.39, 0.29) is 0 Å². The van der Waals surface area contributed by atoms with Crippen LogP contribution in [0.1, 0.15) is 44.6 Å². The van der Waals surface area contributed by atoms with Gasteiger partial charge in [0.15, 0.2) is 0 Å². The van der Waals surface area contributed by atoms with Crippen molar-refractivity contribution in [2.75, 3.05) is 7.05 Å². The van der Waals surface area contributed by atoms with E-state index in [1.807, 2.05) is 12.4 Å². The largest absolute Gasteiger partial charge is 0.316 e. The van der Waals surface area contributed by atoms with Crippen molar-refractivity contribution in [3.8, 4) is 0 Å². The van der Waals surface area contributed by atoms with Crippen LogP contribution in [0.3, 0.4) is 0 Å². The molecular weight excluding hydrogens is 196 g/mol. The molecule has 0 aliphatic heterocycles. The van der Waals surface area contributed by atoms with Crippen LogP contribution >= 0.6 is 0 Å². The van der Waals surface area contributed by atoms with Gasteiger partial charge in [0.2, 0.25) is 0 Å². The van der Waals surface area contributed by atoms with Crippen molar-refractivity contribution in [1.82, 2.24) is 10.3 Å². The van der Waals surface area contributed by atoms with Crippen LogP contribution in [0.4, 0.5) is 0 Å². The Morgan fingerprint density at radius 3 is 2.69 bits per heavy atom. The Balaban J connectivity index is 2.25. The standard InChI is InChI=1S/C14H22N2/c1-4-14(5-2)12(9-13(14)15-3)11-7-6-8-16-10-11/h6-8,10,12-13,15H,4-5,9H2,1-3H3. The molecule has 1 aromatic rings. The van der Waals surface area contributed by atoms with Crippen LogP contribution in [0.5, 0.6) is 0 Å². The molecule has 1 saturated carbocycles. The molecule has 88 valence electrons. The van der Waals surface area contributed by atoms with Crippen LogP contribution in [0, 0.1) is 5.41 Å². The predicted molar refractivity (Wildman–Crippen MR) is 67.5 cm³/mol. The number of nitrogens with one attached hydrogen (secondary N) is 1. The molecule has 0 amide bonds. The van der Waals surface area contributed by atoms with Gasteiger partial charge in [0, 0.05) is 18.4 Å². The Hall–Kier alpha value is -0.890. The molecule has 2 nitrogen and oxygen atoms in total. The van der Waals surface area contributed by atoms with Crippen LogP contribution in [0.25, 0.3) is 0 Å². The van der Waals surface area contributed by atoms with E-state index in [9.17, 15) is 0 Å². The summed E-state index contributed by atoms with van der Waals surface area (Å²) in [6.45, 7) is 4.63. The van der Waals surface area contributed by atoms with E-state index in [1.165, 1.54) is 24.8 Å². The van der Waals surface area contributed by atoms with E-state index in [0.717, 1.165) is 0 Å². The Morgan fingerprint density at radius 1 is 1.44 bits per heavy atom. The predicted octanol–water partition coefficient (Wildman–Crippen LogP) is 2.96. The topological polar surface area (TPSA) is 24.9 Å². The van der Waals surface area contributed by atoms with Crippen LogP contribution in [0.15, 0.2) is 24.5 Å². The van der Waals surface area contributed by atoms with Gasteiger partial charge in [-0.3, -0.25) is 4.98 Å². The summed E-state index contributed by atoms with van der Waals surface area (Å²) in [5.74, 6) is 0.689. The zero-order valence-electron chi connectivity index (χ0n) is 10.5. The van der Waals surface area contributed by atoms with Crippen molar-refractivity contribution in [3.05, 3.63) is 30.1 Å². The van der Waals surface area contributed by atoms with Crippen molar-refractivity contribution in [3.63, 3.8) is 0 Å². The minimum atomic E-state index is 0.442. The first-order valence-corrected chi connectivity index (χ1v) is 6.35. The average Bonchev–Trinajstić information content (AvgIpc) is 2.32. The molecule has 2 heteroatoms. The third-order valence-corrected chi connectivity index (χ3v) is 4.61. The van der Waals surface area contributed by atoms with Crippen molar-refractivity contribution in [2.45, 2.75) is 45.1 Å². The van der Waals surface area contributed by atoms with E-state index in [1.54, 1.807) is 0 Å². The normalized spacial score (nSPS) is 27.4. The maximum absolute atomic E-state index is 4.25. The average molecular weight is 218 g/mol. The summed E-state index contributed by atoms with van der Waals surface area (Å²) in [5, 5.41) is 3.47. The Morgan fingerprint density at radius 2 is 2.19 bits per heavy atom. The van der Waals surface area contributed by atoms with Crippen molar-refractivity contribution < 1.29 is 0 Å². The summed E-state index contributed by atoms with van der Waals surface area (Å²) in [7, 11) is 2.09. The molecule has 1 N–H and O–H groups in total. The summed E-state index contributed by atoms with van der Waals surface area (Å²) in [6, 6.07) is 4.95. The minimum Gasteiger partial charge on any atom is -0.316 e. The minimum absolute atomic E-state index is 0.442. The lowest BCUT2D eigenvalue weighted by Crippen LogP contribution is -2.57. The third kappa shape index (κ3) is 1.56. The molecule has 0 bridgehead atoms. The number of hydrogen-bond donors (Lipinski definition) is 1. The van der Waals surface area contributed by atoms with Gasteiger partial charge in [-0.05, 0) is 49.3 Å². The molecular formula is C14H22N2. The highest BCUT2D eigenvalue weighted by Crippen LogP contribution is 2.56. The van der Waals surface area contributed by atoms with E-state index < -0.39 is 0 Å². The molecule has 1 fully saturated rings. The highest BCUT2D eigenvalue weighted by molar-refractivity contribution is 5.25. The lowest BCUT2D eigenvalue weighted by atomic mass is 9.52. The number of hydrogen-bond acceptors (Lipinski definition) is 2. The van der Waals surface area contributed by atoms with Gasteiger partial charge in [0.05, 0.1) is 0 Å². The van der Waals surface area contributed by atoms with Crippen molar-refractivity contribution in [1.29, 1.82) is 0 Å². The monoisotopic (exact) mass is 218 g/mol. The van der Waals surface area contributed by atoms with E-state index in [4.69, 9.17) is 0 Å². The maximum atomic E-state index is 4.25. The molecule has 0 aromatic carbocycles. The summed E-state index contributed by atoms with van der Waals surface area (Å²) in [4.78, 5) is 4.25. The summed E-state index contributed by atoms with van der Waals surface area (Å²) in [5.41, 5.74) is 1.86. The van der Waals surface area contributed by atoms with E-state index in [2.05, 4.69) is 43.3 Å². The Bertz CT molecular complexity index is 330. The third-order valence-electron chi connectivity index (χ3n) is 4.61. The van der Waals surface area contributed by atoms with Crippen LogP contribution in [-0.4, -0.2) is 18.1 Å². The second-order valence-electron chi connectivity index (χ2n) is 4.86. The fourth-order valence-electron chi connectivity index (χ4n) is 3.48. The van der Waals surface area contributed by atoms with Gasteiger partial charge < -0.3 is 5.32 Å². The molecule has 0 radical (unpaired) electrons. The quantitative estimate of drug-likeness (QED) is 0.840. The SMILES string of the molecule is CCC1(CC)C(NC)CC1c1cccnc1. The second kappa shape index (κ2) is 4.54. The van der Waals surface area contributed by atoms with Gasteiger partial charge in [0.25, 0.3) is 0 Å². The first kappa shape index (κ1) is 11.6. The van der Waals surface area contributed by atoms with Gasteiger partial charge in [-0.1, -0.05) is 19.9 Å². The number of pyridine rings is 1. The fourth-order valence-corrected chi connectivity index (χ4v) is 3.48. The molecule has 1 aliphatic carbocycles. The second-order valence-corrected chi connectivity index (χ2v) is 4.86. The smallest absolute Gasteiger partial charge is 0.0302 e. The molecule has 2 rings (SSSR count). The van der Waals surface area contributed by atoms with Gasteiger partial charge in [-0.2, -0.15) is 0 Å². The van der Waals surface area contributed by atoms with Gasteiger partial charge in [0.1, 0.15) is 0 Å². The van der Waals surface area contributed by atoms with E-state index >= 15 is 0 Å². The van der Waals surface area contributed by atoms with Crippen molar-refractivity contribution >= 4 is 0 Å². The van der Waals surface area contributed by atoms with Crippen LogP contribution in [0.2, 0.25) is 0 Å². The van der Waals surface area contributed by atoms with Crippen molar-refractivity contribution in [2.24, 2.45) is 5.41 Å². The summed E-state index contributed by atoms with van der Waals surface area (Å²) < 4.78 is 0. The van der Waals surface area contributed by atoms with Gasteiger partial charge in [-0.15, -0.1) is 0 Å². The van der Waals surface area contributed by atoms with Gasteiger partial charge >= 0.3 is 0 Å². The molecule has 1 aromatic heterocycles. The molecule has 1 heterocycles. The number of nitrogens with zero attached hydrogens (tertiary/aromatic N) is 1. The molecule has 0 saturated heterocycles. The highest BCUT2D eigenvalue weighted by Gasteiger charge is 2.52. The lowest BCUT2D eigenvalue weighted by Gasteiger charge is -2.56. The summed E-state index contributed by atoms with van der Waals surface area (Å²) in [6.07, 6.45) is 7.64. The van der Waals surface area contributed by atoms with Gasteiger partial charge in [-0.25, -0.2) is 0 Å². The number of aromatic nitrogens is 1. The molecule has 1 aliphatic rings. The molecule has 2 atom stereocenters. The fraction of sp³-hybridized carbons (Fsp3) is 0.643. The molecule has 2 unspecified atom stereocenters. The molecule has 0 spiro atoms. The zero-order valence-corrected chi connectivity index (χ0v) is 10.5. The first-order chi connectivity index (χ1) is 7.78. The molecule has 16 heavy (non-hydrogen) atoms. The Labute approximate surface area is 98.5 Å². The maximum Gasteiger partial charge on any atom is 0.0302 e. The zero-order chi connectivity index (χ0) is 11.6. The van der Waals surface area contributed by atoms with Crippen LogP contribution < -0.4 is 5.32 Å². The summed E-state index contributed by atoms with van der Waals surface area (Å²) >= 11 is 0.